The standard InChI is InChI=1S/C14H23NO4/c1-4-18-11-19-14-6-5-13(17-3)9-12(14)10-15-7-8-16-2/h5-6,9,15H,4,7-8,10-11H2,1-3H3. The third-order valence-electron chi connectivity index (χ3n) is 2.57. The molecule has 1 aromatic carbocycles. The van der Waals surface area contributed by atoms with Gasteiger partial charge in [0.1, 0.15) is 11.5 Å². The molecule has 0 atom stereocenters. The van der Waals surface area contributed by atoms with Gasteiger partial charge in [-0.25, -0.2) is 0 Å². The van der Waals surface area contributed by atoms with E-state index in [9.17, 15) is 0 Å². The number of rotatable bonds is 10. The highest BCUT2D eigenvalue weighted by molar-refractivity contribution is 5.40. The molecule has 0 fully saturated rings. The van der Waals surface area contributed by atoms with Crippen LogP contribution < -0.4 is 14.8 Å². The molecule has 1 rings (SSSR count). The van der Waals surface area contributed by atoms with Gasteiger partial charge in [-0.3, -0.25) is 0 Å². The molecular weight excluding hydrogens is 246 g/mol. The van der Waals surface area contributed by atoms with E-state index in [0.29, 0.717) is 19.8 Å². The summed E-state index contributed by atoms with van der Waals surface area (Å²) in [6, 6.07) is 5.73. The van der Waals surface area contributed by atoms with Crippen LogP contribution in [0.1, 0.15) is 12.5 Å². The molecule has 0 saturated carbocycles. The van der Waals surface area contributed by atoms with Crippen molar-refractivity contribution in [1.29, 1.82) is 0 Å². The van der Waals surface area contributed by atoms with E-state index in [0.717, 1.165) is 23.6 Å². The fourth-order valence-electron chi connectivity index (χ4n) is 1.55. The van der Waals surface area contributed by atoms with E-state index in [1.165, 1.54) is 0 Å². The molecule has 5 nitrogen and oxygen atoms in total. The lowest BCUT2D eigenvalue weighted by Gasteiger charge is -2.13. The molecule has 0 saturated heterocycles. The van der Waals surface area contributed by atoms with Crippen LogP contribution in [0.5, 0.6) is 11.5 Å². The molecule has 0 aliphatic rings. The number of hydrogen-bond donors (Lipinski definition) is 1. The second-order valence-electron chi connectivity index (χ2n) is 3.90. The zero-order chi connectivity index (χ0) is 13.9. The Kier molecular flexibility index (Phi) is 7.97. The van der Waals surface area contributed by atoms with E-state index >= 15 is 0 Å². The van der Waals surface area contributed by atoms with Crippen LogP contribution in [0.2, 0.25) is 0 Å². The van der Waals surface area contributed by atoms with E-state index in [-0.39, 0.29) is 6.79 Å². The molecule has 0 aliphatic heterocycles. The summed E-state index contributed by atoms with van der Waals surface area (Å²) in [6.45, 7) is 5.00. The molecule has 108 valence electrons. The molecule has 0 heterocycles. The van der Waals surface area contributed by atoms with Crippen LogP contribution in [0.4, 0.5) is 0 Å². The van der Waals surface area contributed by atoms with E-state index in [4.69, 9.17) is 18.9 Å². The van der Waals surface area contributed by atoms with Gasteiger partial charge in [0.15, 0.2) is 6.79 Å². The predicted octanol–water partition coefficient (Wildman–Crippen LogP) is 1.80. The van der Waals surface area contributed by atoms with Gasteiger partial charge in [-0.1, -0.05) is 0 Å². The molecule has 0 aliphatic carbocycles. The first-order valence-electron chi connectivity index (χ1n) is 6.39. The minimum Gasteiger partial charge on any atom is -0.497 e. The average Bonchev–Trinajstić information content (AvgIpc) is 2.45. The minimum absolute atomic E-state index is 0.258. The molecular formula is C14H23NO4. The van der Waals surface area contributed by atoms with Crippen molar-refractivity contribution in [3.8, 4) is 11.5 Å². The van der Waals surface area contributed by atoms with E-state index in [1.54, 1.807) is 14.2 Å². The lowest BCUT2D eigenvalue weighted by Crippen LogP contribution is -2.19. The van der Waals surface area contributed by atoms with E-state index in [2.05, 4.69) is 5.32 Å². The summed E-state index contributed by atoms with van der Waals surface area (Å²) in [6.07, 6.45) is 0. The third kappa shape index (κ3) is 5.92. The van der Waals surface area contributed by atoms with Gasteiger partial charge in [0.25, 0.3) is 0 Å². The topological polar surface area (TPSA) is 49.0 Å². The van der Waals surface area contributed by atoms with Crippen LogP contribution in [0.15, 0.2) is 18.2 Å². The maximum absolute atomic E-state index is 5.59. The molecule has 0 spiro atoms. The Morgan fingerprint density at radius 2 is 2.05 bits per heavy atom. The van der Waals surface area contributed by atoms with Crippen LogP contribution in [-0.4, -0.2) is 40.8 Å². The van der Waals surface area contributed by atoms with E-state index < -0.39 is 0 Å². The quantitative estimate of drug-likeness (QED) is 0.518. The van der Waals surface area contributed by atoms with Gasteiger partial charge in [-0.15, -0.1) is 0 Å². The molecule has 1 N–H and O–H groups in total. The minimum atomic E-state index is 0.258. The number of methoxy groups -OCH3 is 2. The first-order valence-corrected chi connectivity index (χ1v) is 6.39. The van der Waals surface area contributed by atoms with Crippen LogP contribution in [0, 0.1) is 0 Å². The second kappa shape index (κ2) is 9.61. The number of hydrogen-bond acceptors (Lipinski definition) is 5. The Morgan fingerprint density at radius 1 is 1.21 bits per heavy atom. The molecule has 0 amide bonds. The summed E-state index contributed by atoms with van der Waals surface area (Å²) in [5.41, 5.74) is 1.04. The van der Waals surface area contributed by atoms with Crippen LogP contribution >= 0.6 is 0 Å². The second-order valence-corrected chi connectivity index (χ2v) is 3.90. The normalized spacial score (nSPS) is 10.5. The molecule has 0 bridgehead atoms. The third-order valence-corrected chi connectivity index (χ3v) is 2.57. The Bertz CT molecular complexity index is 357. The zero-order valence-corrected chi connectivity index (χ0v) is 11.9. The average molecular weight is 269 g/mol. The molecule has 1 aromatic rings. The predicted molar refractivity (Wildman–Crippen MR) is 73.7 cm³/mol. The first kappa shape index (κ1) is 15.8. The van der Waals surface area contributed by atoms with Gasteiger partial charge in [0.05, 0.1) is 13.7 Å². The van der Waals surface area contributed by atoms with Crippen molar-refractivity contribution >= 4 is 0 Å². The van der Waals surface area contributed by atoms with Crippen LogP contribution in [-0.2, 0) is 16.0 Å². The number of nitrogens with one attached hydrogen (secondary N) is 1. The van der Waals surface area contributed by atoms with Crippen LogP contribution in [0.3, 0.4) is 0 Å². The van der Waals surface area contributed by atoms with E-state index in [1.807, 2.05) is 25.1 Å². The number of ether oxygens (including phenoxy) is 4. The summed E-state index contributed by atoms with van der Waals surface area (Å²) < 4.78 is 21.0. The number of benzene rings is 1. The Labute approximate surface area is 114 Å². The van der Waals surface area contributed by atoms with Gasteiger partial charge >= 0.3 is 0 Å². The first-order chi connectivity index (χ1) is 9.31. The lowest BCUT2D eigenvalue weighted by molar-refractivity contribution is 0.0217. The van der Waals surface area contributed by atoms with Gasteiger partial charge in [-0.05, 0) is 25.1 Å². The maximum Gasteiger partial charge on any atom is 0.189 e. The highest BCUT2D eigenvalue weighted by atomic mass is 16.7. The summed E-state index contributed by atoms with van der Waals surface area (Å²) in [4.78, 5) is 0. The SMILES string of the molecule is CCOCOc1ccc(OC)cc1CNCCOC. The highest BCUT2D eigenvalue weighted by Gasteiger charge is 2.05. The van der Waals surface area contributed by atoms with Crippen molar-refractivity contribution < 1.29 is 18.9 Å². The molecule has 5 heteroatoms. The summed E-state index contributed by atoms with van der Waals surface area (Å²) in [7, 11) is 3.34. The smallest absolute Gasteiger partial charge is 0.189 e. The molecule has 0 unspecified atom stereocenters. The molecule has 19 heavy (non-hydrogen) atoms. The zero-order valence-electron chi connectivity index (χ0n) is 11.9. The van der Waals surface area contributed by atoms with Crippen molar-refractivity contribution in [2.24, 2.45) is 0 Å². The van der Waals surface area contributed by atoms with Crippen molar-refractivity contribution in [2.75, 3.05) is 40.8 Å². The Hall–Kier alpha value is -1.30. The fourth-order valence-corrected chi connectivity index (χ4v) is 1.55. The monoisotopic (exact) mass is 269 g/mol. The van der Waals surface area contributed by atoms with Crippen LogP contribution in [0.25, 0.3) is 0 Å². The lowest BCUT2D eigenvalue weighted by atomic mass is 10.2. The van der Waals surface area contributed by atoms with Gasteiger partial charge < -0.3 is 24.3 Å². The highest BCUT2D eigenvalue weighted by Crippen LogP contribution is 2.24. The van der Waals surface area contributed by atoms with Gasteiger partial charge in [0.2, 0.25) is 0 Å². The Balaban J connectivity index is 2.60. The summed E-state index contributed by atoms with van der Waals surface area (Å²) in [5, 5.41) is 3.28. The summed E-state index contributed by atoms with van der Waals surface area (Å²) in [5.74, 6) is 1.62. The Morgan fingerprint density at radius 3 is 2.74 bits per heavy atom. The van der Waals surface area contributed by atoms with Gasteiger partial charge in [0, 0.05) is 32.4 Å². The molecule has 0 aromatic heterocycles. The maximum atomic E-state index is 5.59. The fraction of sp³-hybridized carbons (Fsp3) is 0.571. The van der Waals surface area contributed by atoms with Crippen molar-refractivity contribution in [3.05, 3.63) is 23.8 Å². The van der Waals surface area contributed by atoms with Gasteiger partial charge in [-0.2, -0.15) is 0 Å². The van der Waals surface area contributed by atoms with Crippen molar-refractivity contribution in [3.63, 3.8) is 0 Å². The molecule has 0 radical (unpaired) electrons. The van der Waals surface area contributed by atoms with Crippen molar-refractivity contribution in [2.45, 2.75) is 13.5 Å². The summed E-state index contributed by atoms with van der Waals surface area (Å²) >= 11 is 0. The largest absolute Gasteiger partial charge is 0.497 e. The van der Waals surface area contributed by atoms with Crippen molar-refractivity contribution in [1.82, 2.24) is 5.32 Å².